The third-order valence-corrected chi connectivity index (χ3v) is 3.97. The second kappa shape index (κ2) is 5.65. The largest absolute Gasteiger partial charge is 0.355 e. The van der Waals surface area contributed by atoms with Gasteiger partial charge in [0.25, 0.3) is 0 Å². The fourth-order valence-electron chi connectivity index (χ4n) is 1.98. The molecule has 0 unspecified atom stereocenters. The number of pyridine rings is 1. The highest BCUT2D eigenvalue weighted by molar-refractivity contribution is 7.98. The van der Waals surface area contributed by atoms with Gasteiger partial charge in [-0.05, 0) is 30.2 Å². The SMILES string of the molecule is Cc1cccn2c(=O)nc(SCc3ccccc3F)nc12. The van der Waals surface area contributed by atoms with Gasteiger partial charge in [-0.15, -0.1) is 0 Å². The van der Waals surface area contributed by atoms with E-state index >= 15 is 0 Å². The summed E-state index contributed by atoms with van der Waals surface area (Å²) < 4.78 is 15.0. The van der Waals surface area contributed by atoms with Crippen molar-refractivity contribution in [3.05, 3.63) is 70.0 Å². The standard InChI is InChI=1S/C15H12FN3OS/c1-10-5-4-8-19-13(10)17-14(18-15(19)20)21-9-11-6-2-3-7-12(11)16/h2-8H,9H2,1H3. The van der Waals surface area contributed by atoms with E-state index in [1.165, 1.54) is 22.2 Å². The monoisotopic (exact) mass is 301 g/mol. The highest BCUT2D eigenvalue weighted by Gasteiger charge is 2.08. The third-order valence-electron chi connectivity index (χ3n) is 3.08. The molecule has 4 nitrogen and oxygen atoms in total. The maximum Gasteiger partial charge on any atom is 0.355 e. The van der Waals surface area contributed by atoms with E-state index < -0.39 is 0 Å². The average molecular weight is 301 g/mol. The molecule has 0 saturated carbocycles. The zero-order chi connectivity index (χ0) is 14.8. The molecule has 2 heterocycles. The highest BCUT2D eigenvalue weighted by Crippen LogP contribution is 2.20. The van der Waals surface area contributed by atoms with E-state index in [0.29, 0.717) is 22.1 Å². The molecule has 0 aliphatic heterocycles. The molecule has 2 aromatic heterocycles. The molecule has 1 aromatic carbocycles. The van der Waals surface area contributed by atoms with Gasteiger partial charge in [-0.25, -0.2) is 14.2 Å². The number of thioether (sulfide) groups is 1. The van der Waals surface area contributed by atoms with E-state index in [0.717, 1.165) is 5.56 Å². The Morgan fingerprint density at radius 2 is 2.00 bits per heavy atom. The summed E-state index contributed by atoms with van der Waals surface area (Å²) in [6.07, 6.45) is 1.63. The number of hydrogen-bond acceptors (Lipinski definition) is 4. The predicted molar refractivity (Wildman–Crippen MR) is 80.0 cm³/mol. The zero-order valence-corrected chi connectivity index (χ0v) is 12.1. The molecule has 0 N–H and O–H groups in total. The number of aryl methyl sites for hydroxylation is 1. The minimum absolute atomic E-state index is 0.265. The van der Waals surface area contributed by atoms with Crippen LogP contribution in [0.5, 0.6) is 0 Å². The van der Waals surface area contributed by atoms with Crippen molar-refractivity contribution in [1.82, 2.24) is 14.4 Å². The molecule has 0 radical (unpaired) electrons. The Balaban J connectivity index is 1.93. The van der Waals surface area contributed by atoms with Crippen molar-refractivity contribution in [3.8, 4) is 0 Å². The number of halogens is 1. The van der Waals surface area contributed by atoms with Crippen LogP contribution in [-0.4, -0.2) is 14.4 Å². The van der Waals surface area contributed by atoms with Crippen molar-refractivity contribution in [1.29, 1.82) is 0 Å². The van der Waals surface area contributed by atoms with Gasteiger partial charge in [0.1, 0.15) is 11.5 Å². The number of benzene rings is 1. The first kappa shape index (κ1) is 13.8. The van der Waals surface area contributed by atoms with Crippen LogP contribution in [0.15, 0.2) is 52.5 Å². The number of hydrogen-bond donors (Lipinski definition) is 0. The molecular weight excluding hydrogens is 289 g/mol. The van der Waals surface area contributed by atoms with Crippen LogP contribution in [0.1, 0.15) is 11.1 Å². The number of fused-ring (bicyclic) bond motifs is 1. The van der Waals surface area contributed by atoms with Crippen LogP contribution in [0.4, 0.5) is 4.39 Å². The maximum atomic E-state index is 13.6. The van der Waals surface area contributed by atoms with Gasteiger partial charge in [-0.3, -0.25) is 4.40 Å². The fraction of sp³-hybridized carbons (Fsp3) is 0.133. The summed E-state index contributed by atoms with van der Waals surface area (Å²) in [7, 11) is 0. The lowest BCUT2D eigenvalue weighted by Gasteiger charge is -2.05. The van der Waals surface area contributed by atoms with Crippen LogP contribution in [0, 0.1) is 12.7 Å². The Bertz CT molecular complexity index is 863. The van der Waals surface area contributed by atoms with Crippen LogP contribution in [0.2, 0.25) is 0 Å². The molecule has 0 bridgehead atoms. The van der Waals surface area contributed by atoms with Crippen LogP contribution in [0.3, 0.4) is 0 Å². The first-order chi connectivity index (χ1) is 10.1. The van der Waals surface area contributed by atoms with Crippen molar-refractivity contribution in [3.63, 3.8) is 0 Å². The summed E-state index contributed by atoms with van der Waals surface area (Å²) in [6, 6.07) is 10.2. The molecule has 0 fully saturated rings. The molecular formula is C15H12FN3OS. The molecule has 106 valence electrons. The van der Waals surface area contributed by atoms with Crippen LogP contribution < -0.4 is 5.69 Å². The van der Waals surface area contributed by atoms with Gasteiger partial charge in [-0.1, -0.05) is 36.0 Å². The van der Waals surface area contributed by atoms with Crippen LogP contribution in [0.25, 0.3) is 5.65 Å². The molecule has 0 aliphatic carbocycles. The lowest BCUT2D eigenvalue weighted by atomic mass is 10.2. The van der Waals surface area contributed by atoms with Crippen molar-refractivity contribution in [2.75, 3.05) is 0 Å². The second-order valence-electron chi connectivity index (χ2n) is 4.55. The average Bonchev–Trinajstić information content (AvgIpc) is 2.48. The van der Waals surface area contributed by atoms with Gasteiger partial charge >= 0.3 is 5.69 Å². The lowest BCUT2D eigenvalue weighted by Crippen LogP contribution is -2.19. The quantitative estimate of drug-likeness (QED) is 0.698. The molecule has 0 spiro atoms. The molecule has 0 saturated heterocycles. The molecule has 3 rings (SSSR count). The summed E-state index contributed by atoms with van der Waals surface area (Å²) in [5, 5.41) is 0.359. The molecule has 0 aliphatic rings. The first-order valence-electron chi connectivity index (χ1n) is 6.37. The van der Waals surface area contributed by atoms with E-state index in [1.807, 2.05) is 13.0 Å². The first-order valence-corrected chi connectivity index (χ1v) is 7.36. The zero-order valence-electron chi connectivity index (χ0n) is 11.3. The smallest absolute Gasteiger partial charge is 0.251 e. The Hall–Kier alpha value is -2.21. The third kappa shape index (κ3) is 2.80. The maximum absolute atomic E-state index is 13.6. The van der Waals surface area contributed by atoms with Gasteiger partial charge in [0.2, 0.25) is 0 Å². The lowest BCUT2D eigenvalue weighted by molar-refractivity contribution is 0.617. The van der Waals surface area contributed by atoms with Crippen molar-refractivity contribution in [2.24, 2.45) is 0 Å². The van der Waals surface area contributed by atoms with Crippen LogP contribution >= 0.6 is 11.8 Å². The summed E-state index contributed by atoms with van der Waals surface area (Å²) in [5.41, 5.74) is 1.66. The van der Waals surface area contributed by atoms with Crippen LogP contribution in [-0.2, 0) is 5.75 Å². The van der Waals surface area contributed by atoms with E-state index in [2.05, 4.69) is 9.97 Å². The minimum atomic E-state index is -0.375. The van der Waals surface area contributed by atoms with Gasteiger partial charge in [0, 0.05) is 11.9 Å². The van der Waals surface area contributed by atoms with E-state index in [-0.39, 0.29) is 11.5 Å². The molecule has 0 atom stereocenters. The van der Waals surface area contributed by atoms with Crippen molar-refractivity contribution >= 4 is 17.4 Å². The minimum Gasteiger partial charge on any atom is -0.251 e. The Morgan fingerprint density at radius 1 is 1.19 bits per heavy atom. The number of aromatic nitrogens is 3. The second-order valence-corrected chi connectivity index (χ2v) is 5.50. The number of nitrogens with zero attached hydrogens (tertiary/aromatic N) is 3. The molecule has 21 heavy (non-hydrogen) atoms. The van der Waals surface area contributed by atoms with Gasteiger partial charge in [-0.2, -0.15) is 4.98 Å². The van der Waals surface area contributed by atoms with Gasteiger partial charge in [0.15, 0.2) is 5.16 Å². The fourth-order valence-corrected chi connectivity index (χ4v) is 2.79. The predicted octanol–water partition coefficient (Wildman–Crippen LogP) is 2.83. The Morgan fingerprint density at radius 3 is 2.81 bits per heavy atom. The summed E-state index contributed by atoms with van der Waals surface area (Å²) >= 11 is 1.25. The normalized spacial score (nSPS) is 11.0. The van der Waals surface area contributed by atoms with Gasteiger partial charge < -0.3 is 0 Å². The molecule has 0 amide bonds. The van der Waals surface area contributed by atoms with Crippen molar-refractivity contribution in [2.45, 2.75) is 17.8 Å². The van der Waals surface area contributed by atoms with Crippen molar-refractivity contribution < 1.29 is 4.39 Å². The van der Waals surface area contributed by atoms with E-state index in [4.69, 9.17) is 0 Å². The highest BCUT2D eigenvalue weighted by atomic mass is 32.2. The molecule has 6 heteroatoms. The number of rotatable bonds is 3. The summed E-state index contributed by atoms with van der Waals surface area (Å²) in [4.78, 5) is 20.3. The van der Waals surface area contributed by atoms with E-state index in [1.54, 1.807) is 30.5 Å². The summed E-state index contributed by atoms with van der Waals surface area (Å²) in [5.74, 6) is 0.118. The molecule has 3 aromatic rings. The Kier molecular flexibility index (Phi) is 3.70. The Labute approximate surface area is 124 Å². The van der Waals surface area contributed by atoms with E-state index in [9.17, 15) is 9.18 Å². The summed E-state index contributed by atoms with van der Waals surface area (Å²) in [6.45, 7) is 1.88. The topological polar surface area (TPSA) is 47.3 Å². The van der Waals surface area contributed by atoms with Gasteiger partial charge in [0.05, 0.1) is 0 Å².